The molecule has 0 atom stereocenters. The lowest BCUT2D eigenvalue weighted by molar-refractivity contribution is -0.134. The fraction of sp³-hybridized carbons (Fsp3) is 0.500. The summed E-state index contributed by atoms with van der Waals surface area (Å²) in [6.07, 6.45) is 0. The Balaban J connectivity index is 1.62. The van der Waals surface area contributed by atoms with Gasteiger partial charge in [-0.15, -0.1) is 0 Å². The molecular weight excluding hydrogens is 244 g/mol. The third kappa shape index (κ3) is 2.49. The number of hydrogen-bond donors (Lipinski definition) is 2. The topological polar surface area (TPSA) is 67.5 Å². The summed E-state index contributed by atoms with van der Waals surface area (Å²) in [6, 6.07) is 6.01. The Morgan fingerprint density at radius 2 is 2.26 bits per heavy atom. The van der Waals surface area contributed by atoms with Crippen molar-refractivity contribution in [2.75, 3.05) is 26.4 Å². The van der Waals surface area contributed by atoms with Crippen LogP contribution in [0.4, 0.5) is 0 Å². The van der Waals surface area contributed by atoms with Crippen molar-refractivity contribution in [1.29, 1.82) is 0 Å². The Morgan fingerprint density at radius 3 is 2.95 bits per heavy atom. The smallest absolute Gasteiger partial charge is 0.192 e. The number of nitrogens with zero attached hydrogens (tertiary/aromatic N) is 1. The summed E-state index contributed by atoms with van der Waals surface area (Å²) in [6.45, 7) is 4.81. The van der Waals surface area contributed by atoms with E-state index in [-0.39, 0.29) is 12.0 Å². The zero-order valence-corrected chi connectivity index (χ0v) is 11.0. The molecule has 1 aromatic carbocycles. The van der Waals surface area contributed by atoms with E-state index in [1.807, 2.05) is 25.1 Å². The quantitative estimate of drug-likeness (QED) is 0.848. The summed E-state index contributed by atoms with van der Waals surface area (Å²) in [5, 5.41) is 12.7. The third-order valence-corrected chi connectivity index (χ3v) is 3.54. The zero-order valence-electron chi connectivity index (χ0n) is 11.0. The van der Waals surface area contributed by atoms with Crippen LogP contribution in [0.2, 0.25) is 0 Å². The van der Waals surface area contributed by atoms with E-state index in [4.69, 9.17) is 9.15 Å². The first kappa shape index (κ1) is 12.6. The van der Waals surface area contributed by atoms with Crippen molar-refractivity contribution >= 4 is 11.1 Å². The second-order valence-corrected chi connectivity index (χ2v) is 5.29. The van der Waals surface area contributed by atoms with Gasteiger partial charge in [-0.2, -0.15) is 0 Å². The SMILES string of the molecule is Cc1nc2cc(CNCC3(CO)COC3)ccc2o1. The van der Waals surface area contributed by atoms with Crippen LogP contribution >= 0.6 is 0 Å². The highest BCUT2D eigenvalue weighted by Crippen LogP contribution is 2.25. The summed E-state index contributed by atoms with van der Waals surface area (Å²) in [5.41, 5.74) is 2.78. The van der Waals surface area contributed by atoms with E-state index in [0.717, 1.165) is 29.8 Å². The van der Waals surface area contributed by atoms with Gasteiger partial charge in [-0.05, 0) is 17.7 Å². The molecule has 2 aromatic rings. The van der Waals surface area contributed by atoms with Crippen LogP contribution in [0, 0.1) is 12.3 Å². The Labute approximate surface area is 111 Å². The number of aromatic nitrogens is 1. The lowest BCUT2D eigenvalue weighted by atomic mass is 9.87. The predicted octanol–water partition coefficient (Wildman–Crippen LogP) is 1.23. The number of aryl methyl sites for hydroxylation is 1. The lowest BCUT2D eigenvalue weighted by Gasteiger charge is -2.40. The molecule has 0 saturated carbocycles. The van der Waals surface area contributed by atoms with Gasteiger partial charge in [0.15, 0.2) is 11.5 Å². The largest absolute Gasteiger partial charge is 0.441 e. The van der Waals surface area contributed by atoms with Crippen LogP contribution in [-0.2, 0) is 11.3 Å². The number of oxazole rings is 1. The van der Waals surface area contributed by atoms with Gasteiger partial charge in [0, 0.05) is 20.0 Å². The molecule has 2 N–H and O–H groups in total. The van der Waals surface area contributed by atoms with Crippen molar-refractivity contribution in [3.05, 3.63) is 29.7 Å². The van der Waals surface area contributed by atoms with E-state index in [9.17, 15) is 5.11 Å². The highest BCUT2D eigenvalue weighted by atomic mass is 16.5. The molecule has 0 aliphatic carbocycles. The number of ether oxygens (including phenoxy) is 1. The van der Waals surface area contributed by atoms with Crippen LogP contribution in [0.3, 0.4) is 0 Å². The van der Waals surface area contributed by atoms with Crippen molar-refractivity contribution in [1.82, 2.24) is 10.3 Å². The molecule has 0 unspecified atom stereocenters. The van der Waals surface area contributed by atoms with Gasteiger partial charge in [0.2, 0.25) is 0 Å². The van der Waals surface area contributed by atoms with E-state index >= 15 is 0 Å². The van der Waals surface area contributed by atoms with Gasteiger partial charge in [-0.1, -0.05) is 6.07 Å². The molecule has 1 aliphatic heterocycles. The number of aliphatic hydroxyl groups is 1. The van der Waals surface area contributed by atoms with Crippen LogP contribution in [0.25, 0.3) is 11.1 Å². The van der Waals surface area contributed by atoms with Gasteiger partial charge >= 0.3 is 0 Å². The molecule has 3 rings (SSSR count). The highest BCUT2D eigenvalue weighted by Gasteiger charge is 2.37. The van der Waals surface area contributed by atoms with Crippen molar-refractivity contribution < 1.29 is 14.3 Å². The number of rotatable bonds is 5. The molecule has 1 aromatic heterocycles. The van der Waals surface area contributed by atoms with E-state index in [1.54, 1.807) is 0 Å². The maximum atomic E-state index is 9.34. The molecule has 102 valence electrons. The highest BCUT2D eigenvalue weighted by molar-refractivity contribution is 5.73. The Morgan fingerprint density at radius 1 is 1.42 bits per heavy atom. The molecule has 0 spiro atoms. The van der Waals surface area contributed by atoms with Gasteiger partial charge in [0.05, 0.1) is 25.2 Å². The monoisotopic (exact) mass is 262 g/mol. The first-order valence-corrected chi connectivity index (χ1v) is 6.46. The summed E-state index contributed by atoms with van der Waals surface area (Å²) in [7, 11) is 0. The normalized spacial score (nSPS) is 17.6. The molecule has 1 aliphatic rings. The van der Waals surface area contributed by atoms with Gasteiger partial charge in [-0.3, -0.25) is 0 Å². The van der Waals surface area contributed by atoms with E-state index in [2.05, 4.69) is 10.3 Å². The van der Waals surface area contributed by atoms with Gasteiger partial charge in [-0.25, -0.2) is 4.98 Å². The summed E-state index contributed by atoms with van der Waals surface area (Å²) in [5.74, 6) is 0.686. The van der Waals surface area contributed by atoms with Gasteiger partial charge in [0.1, 0.15) is 5.52 Å². The van der Waals surface area contributed by atoms with Crippen LogP contribution in [0.1, 0.15) is 11.5 Å². The average Bonchev–Trinajstić information content (AvgIpc) is 2.72. The number of nitrogens with one attached hydrogen (secondary N) is 1. The van der Waals surface area contributed by atoms with Crippen LogP contribution in [0.15, 0.2) is 22.6 Å². The second-order valence-electron chi connectivity index (χ2n) is 5.29. The summed E-state index contributed by atoms with van der Waals surface area (Å²) < 4.78 is 10.6. The average molecular weight is 262 g/mol. The molecule has 0 radical (unpaired) electrons. The molecule has 2 heterocycles. The van der Waals surface area contributed by atoms with Crippen molar-refractivity contribution in [2.45, 2.75) is 13.5 Å². The molecular formula is C14H18N2O3. The standard InChI is InChI=1S/C14H18N2O3/c1-10-16-12-4-11(2-3-13(12)19-10)5-15-6-14(7-17)8-18-9-14/h2-4,15,17H,5-9H2,1H3. The molecule has 19 heavy (non-hydrogen) atoms. The number of hydrogen-bond acceptors (Lipinski definition) is 5. The molecule has 1 saturated heterocycles. The number of benzene rings is 1. The minimum Gasteiger partial charge on any atom is -0.441 e. The van der Waals surface area contributed by atoms with Gasteiger partial charge in [0.25, 0.3) is 0 Å². The predicted molar refractivity (Wildman–Crippen MR) is 70.8 cm³/mol. The molecule has 5 nitrogen and oxygen atoms in total. The van der Waals surface area contributed by atoms with Gasteiger partial charge < -0.3 is 19.6 Å². The maximum Gasteiger partial charge on any atom is 0.192 e. The number of aliphatic hydroxyl groups excluding tert-OH is 1. The molecule has 0 bridgehead atoms. The second kappa shape index (κ2) is 4.92. The zero-order chi connectivity index (χ0) is 13.3. The van der Waals surface area contributed by atoms with E-state index < -0.39 is 0 Å². The number of fused-ring (bicyclic) bond motifs is 1. The first-order valence-electron chi connectivity index (χ1n) is 6.46. The van der Waals surface area contributed by atoms with Crippen molar-refractivity contribution in [2.24, 2.45) is 5.41 Å². The minimum atomic E-state index is -0.0887. The fourth-order valence-corrected chi connectivity index (χ4v) is 2.31. The molecule has 1 fully saturated rings. The van der Waals surface area contributed by atoms with Crippen molar-refractivity contribution in [3.8, 4) is 0 Å². The third-order valence-electron chi connectivity index (χ3n) is 3.54. The Bertz CT molecular complexity index is 570. The first-order chi connectivity index (χ1) is 9.21. The minimum absolute atomic E-state index is 0.0887. The van der Waals surface area contributed by atoms with Crippen LogP contribution in [-0.4, -0.2) is 36.5 Å². The Kier molecular flexibility index (Phi) is 3.26. The summed E-state index contributed by atoms with van der Waals surface area (Å²) >= 11 is 0. The van der Waals surface area contributed by atoms with Crippen molar-refractivity contribution in [3.63, 3.8) is 0 Å². The van der Waals surface area contributed by atoms with E-state index in [1.165, 1.54) is 0 Å². The summed E-state index contributed by atoms with van der Waals surface area (Å²) in [4.78, 5) is 4.32. The maximum absolute atomic E-state index is 9.34. The molecule has 5 heteroatoms. The Hall–Kier alpha value is -1.43. The fourth-order valence-electron chi connectivity index (χ4n) is 2.31. The van der Waals surface area contributed by atoms with E-state index in [0.29, 0.717) is 19.1 Å². The lowest BCUT2D eigenvalue weighted by Crippen LogP contribution is -2.52. The van der Waals surface area contributed by atoms with Crippen LogP contribution in [0.5, 0.6) is 0 Å². The van der Waals surface area contributed by atoms with Crippen LogP contribution < -0.4 is 5.32 Å². The molecule has 0 amide bonds.